The van der Waals surface area contributed by atoms with Crippen molar-refractivity contribution in [2.45, 2.75) is 12.5 Å². The second-order valence-electron chi connectivity index (χ2n) is 5.27. The number of urea groups is 1. The molecule has 120 valence electrons. The van der Waals surface area contributed by atoms with Gasteiger partial charge in [0.2, 0.25) is 0 Å². The Hall–Kier alpha value is -2.76. The van der Waals surface area contributed by atoms with Crippen LogP contribution in [0.2, 0.25) is 0 Å². The molecule has 2 amide bonds. The van der Waals surface area contributed by atoms with Crippen LogP contribution in [0.25, 0.3) is 0 Å². The van der Waals surface area contributed by atoms with Crippen molar-refractivity contribution in [2.75, 3.05) is 25.0 Å². The topological polar surface area (TPSA) is 75.3 Å². The van der Waals surface area contributed by atoms with Crippen molar-refractivity contribution >= 4 is 11.8 Å². The van der Waals surface area contributed by atoms with E-state index >= 15 is 0 Å². The highest BCUT2D eigenvalue weighted by molar-refractivity contribution is 5.74. The number of amides is 2. The van der Waals surface area contributed by atoms with Gasteiger partial charge < -0.3 is 20.7 Å². The molecule has 0 bridgehead atoms. The minimum atomic E-state index is -0.172. The predicted octanol–water partition coefficient (Wildman–Crippen LogP) is 2.32. The first-order chi connectivity index (χ1) is 11.3. The van der Waals surface area contributed by atoms with Gasteiger partial charge in [-0.05, 0) is 18.2 Å². The van der Waals surface area contributed by atoms with Crippen LogP contribution >= 0.6 is 0 Å². The Bertz CT molecular complexity index is 648. The number of carbonyl (C=O) groups excluding carboxylic acids is 1. The first kappa shape index (κ1) is 15.1. The quantitative estimate of drug-likeness (QED) is 0.741. The first-order valence-corrected chi connectivity index (χ1v) is 7.74. The van der Waals surface area contributed by atoms with Crippen molar-refractivity contribution in [3.63, 3.8) is 0 Å². The number of hydrogen-bond donors (Lipinski definition) is 3. The standard InChI is InChI=1S/C17H20N4O2/c22-17(20-11-10-19-16-7-3-4-9-18-16)21-14-8-12-23-15-6-2-1-5-13(14)15/h1-7,9,14H,8,10-12H2,(H,18,19)(H2,20,21,22)/t14-/m0/s1. The summed E-state index contributed by atoms with van der Waals surface area (Å²) in [5.74, 6) is 1.65. The molecule has 1 aromatic heterocycles. The van der Waals surface area contributed by atoms with Crippen molar-refractivity contribution < 1.29 is 9.53 Å². The van der Waals surface area contributed by atoms with Crippen LogP contribution in [0.4, 0.5) is 10.6 Å². The van der Waals surface area contributed by atoms with Gasteiger partial charge in [0.1, 0.15) is 11.6 Å². The maximum Gasteiger partial charge on any atom is 0.315 e. The third-order valence-corrected chi connectivity index (χ3v) is 3.65. The second-order valence-corrected chi connectivity index (χ2v) is 5.27. The van der Waals surface area contributed by atoms with Crippen molar-refractivity contribution in [2.24, 2.45) is 0 Å². The summed E-state index contributed by atoms with van der Waals surface area (Å²) < 4.78 is 5.59. The Balaban J connectivity index is 1.43. The molecule has 0 spiro atoms. The molecule has 0 saturated carbocycles. The highest BCUT2D eigenvalue weighted by Crippen LogP contribution is 2.31. The number of ether oxygens (including phenoxy) is 1. The lowest BCUT2D eigenvalue weighted by atomic mass is 10.0. The van der Waals surface area contributed by atoms with Crippen molar-refractivity contribution in [1.82, 2.24) is 15.6 Å². The number of fused-ring (bicyclic) bond motifs is 1. The number of benzene rings is 1. The molecular weight excluding hydrogens is 292 g/mol. The highest BCUT2D eigenvalue weighted by atomic mass is 16.5. The van der Waals surface area contributed by atoms with E-state index in [0.29, 0.717) is 19.7 Å². The van der Waals surface area contributed by atoms with E-state index in [1.54, 1.807) is 6.20 Å². The number of anilines is 1. The molecule has 6 heteroatoms. The van der Waals surface area contributed by atoms with Crippen molar-refractivity contribution in [3.05, 3.63) is 54.2 Å². The lowest BCUT2D eigenvalue weighted by Gasteiger charge is -2.26. The molecule has 2 aromatic rings. The number of para-hydroxylation sites is 1. The molecule has 1 atom stereocenters. The van der Waals surface area contributed by atoms with Crippen LogP contribution in [-0.2, 0) is 0 Å². The average Bonchev–Trinajstić information content (AvgIpc) is 2.60. The fraction of sp³-hybridized carbons (Fsp3) is 0.294. The Kier molecular flexibility index (Phi) is 4.93. The van der Waals surface area contributed by atoms with Crippen LogP contribution in [0.1, 0.15) is 18.0 Å². The Labute approximate surface area is 135 Å². The monoisotopic (exact) mass is 312 g/mol. The van der Waals surface area contributed by atoms with Gasteiger partial charge >= 0.3 is 6.03 Å². The lowest BCUT2D eigenvalue weighted by Crippen LogP contribution is -2.41. The normalized spacial score (nSPS) is 15.9. The number of nitrogens with one attached hydrogen (secondary N) is 3. The van der Waals surface area contributed by atoms with E-state index < -0.39 is 0 Å². The average molecular weight is 312 g/mol. The van der Waals surface area contributed by atoms with E-state index in [1.165, 1.54) is 0 Å². The van der Waals surface area contributed by atoms with Crippen LogP contribution in [0.3, 0.4) is 0 Å². The molecule has 0 saturated heterocycles. The SMILES string of the molecule is O=C(NCCNc1ccccn1)N[C@H]1CCOc2ccccc21. The van der Waals surface area contributed by atoms with E-state index in [0.717, 1.165) is 23.6 Å². The number of aromatic nitrogens is 1. The van der Waals surface area contributed by atoms with Crippen LogP contribution < -0.4 is 20.7 Å². The maximum atomic E-state index is 12.0. The van der Waals surface area contributed by atoms with E-state index in [-0.39, 0.29) is 12.1 Å². The number of carbonyl (C=O) groups is 1. The molecule has 23 heavy (non-hydrogen) atoms. The maximum absolute atomic E-state index is 12.0. The van der Waals surface area contributed by atoms with E-state index in [9.17, 15) is 4.79 Å². The largest absolute Gasteiger partial charge is 0.493 e. The molecule has 0 unspecified atom stereocenters. The summed E-state index contributed by atoms with van der Waals surface area (Å²) >= 11 is 0. The molecule has 2 heterocycles. The smallest absolute Gasteiger partial charge is 0.315 e. The zero-order valence-electron chi connectivity index (χ0n) is 12.8. The van der Waals surface area contributed by atoms with E-state index in [4.69, 9.17) is 4.74 Å². The third-order valence-electron chi connectivity index (χ3n) is 3.65. The summed E-state index contributed by atoms with van der Waals surface area (Å²) in [6, 6.07) is 13.3. The molecule has 6 nitrogen and oxygen atoms in total. The van der Waals surface area contributed by atoms with E-state index in [1.807, 2.05) is 42.5 Å². The molecule has 0 aliphatic carbocycles. The van der Waals surface area contributed by atoms with Gasteiger partial charge in [-0.15, -0.1) is 0 Å². The summed E-state index contributed by atoms with van der Waals surface area (Å²) in [7, 11) is 0. The minimum Gasteiger partial charge on any atom is -0.493 e. The summed E-state index contributed by atoms with van der Waals surface area (Å²) in [6.07, 6.45) is 2.50. The molecule has 0 fully saturated rings. The Morgan fingerprint density at radius 2 is 2.04 bits per heavy atom. The lowest BCUT2D eigenvalue weighted by molar-refractivity contribution is 0.223. The van der Waals surface area contributed by atoms with Crippen LogP contribution in [0, 0.1) is 0 Å². The van der Waals surface area contributed by atoms with Gasteiger partial charge in [-0.1, -0.05) is 24.3 Å². The van der Waals surface area contributed by atoms with Crippen molar-refractivity contribution in [1.29, 1.82) is 0 Å². The zero-order valence-corrected chi connectivity index (χ0v) is 12.8. The highest BCUT2D eigenvalue weighted by Gasteiger charge is 2.22. The molecule has 1 aromatic carbocycles. The summed E-state index contributed by atoms with van der Waals surface area (Å²) in [6.45, 7) is 1.76. The van der Waals surface area contributed by atoms with Crippen LogP contribution in [0.15, 0.2) is 48.7 Å². The van der Waals surface area contributed by atoms with Gasteiger partial charge in [-0.25, -0.2) is 9.78 Å². The van der Waals surface area contributed by atoms with Gasteiger partial charge in [0.25, 0.3) is 0 Å². The molecular formula is C17H20N4O2. The first-order valence-electron chi connectivity index (χ1n) is 7.74. The Morgan fingerprint density at radius 1 is 1.17 bits per heavy atom. The summed E-state index contributed by atoms with van der Waals surface area (Å²) in [5, 5.41) is 9.00. The van der Waals surface area contributed by atoms with Gasteiger partial charge in [0, 0.05) is 31.3 Å². The number of nitrogens with zero attached hydrogens (tertiary/aromatic N) is 1. The minimum absolute atomic E-state index is 0.0105. The predicted molar refractivity (Wildman–Crippen MR) is 88.6 cm³/mol. The fourth-order valence-corrected chi connectivity index (χ4v) is 2.54. The van der Waals surface area contributed by atoms with Gasteiger partial charge in [-0.3, -0.25) is 0 Å². The number of rotatable bonds is 5. The fourth-order valence-electron chi connectivity index (χ4n) is 2.54. The van der Waals surface area contributed by atoms with E-state index in [2.05, 4.69) is 20.9 Å². The Morgan fingerprint density at radius 3 is 2.91 bits per heavy atom. The van der Waals surface area contributed by atoms with Gasteiger partial charge in [-0.2, -0.15) is 0 Å². The van der Waals surface area contributed by atoms with Crippen LogP contribution in [-0.4, -0.2) is 30.7 Å². The third kappa shape index (κ3) is 4.12. The molecule has 3 N–H and O–H groups in total. The molecule has 0 radical (unpaired) electrons. The van der Waals surface area contributed by atoms with Gasteiger partial charge in [0.15, 0.2) is 0 Å². The number of hydrogen-bond acceptors (Lipinski definition) is 4. The molecule has 1 aliphatic rings. The number of pyridine rings is 1. The van der Waals surface area contributed by atoms with Crippen molar-refractivity contribution in [3.8, 4) is 5.75 Å². The summed E-state index contributed by atoms with van der Waals surface area (Å²) in [5.41, 5.74) is 1.03. The molecule has 3 rings (SSSR count). The zero-order chi connectivity index (χ0) is 15.9. The molecule has 1 aliphatic heterocycles. The van der Waals surface area contributed by atoms with Crippen LogP contribution in [0.5, 0.6) is 5.75 Å². The van der Waals surface area contributed by atoms with Gasteiger partial charge in [0.05, 0.1) is 12.6 Å². The second kappa shape index (κ2) is 7.49. The summed E-state index contributed by atoms with van der Waals surface area (Å²) in [4.78, 5) is 16.2.